The third-order valence-electron chi connectivity index (χ3n) is 5.13. The molecule has 1 N–H and O–H groups in total. The molecule has 0 bridgehead atoms. The molecule has 3 amide bonds. The third-order valence-corrected chi connectivity index (χ3v) is 6.41. The molecule has 1 aliphatic rings. The molecule has 1 heterocycles. The summed E-state index contributed by atoms with van der Waals surface area (Å²) in [7, 11) is 1.50. The molecule has 0 unspecified atom stereocenters. The van der Waals surface area contributed by atoms with Crippen molar-refractivity contribution in [3.8, 4) is 11.5 Å². The largest absolute Gasteiger partial charge is 0.493 e. The van der Waals surface area contributed by atoms with Gasteiger partial charge in [0, 0.05) is 16.3 Å². The number of hydrogen-bond acceptors (Lipinski definition) is 6. The molecule has 3 aromatic carbocycles. The summed E-state index contributed by atoms with van der Waals surface area (Å²) in [6.45, 7) is -0.216. The predicted octanol–water partition coefficient (Wildman–Crippen LogP) is 5.74. The Bertz CT molecular complexity index is 1350. The number of anilines is 1. The van der Waals surface area contributed by atoms with Crippen LogP contribution in [0.5, 0.6) is 11.5 Å². The highest BCUT2D eigenvalue weighted by Crippen LogP contribution is 2.35. The van der Waals surface area contributed by atoms with Crippen LogP contribution in [0.4, 0.5) is 14.9 Å². The first-order valence-corrected chi connectivity index (χ1v) is 11.9. The van der Waals surface area contributed by atoms with Gasteiger partial charge in [0.25, 0.3) is 11.1 Å². The van der Waals surface area contributed by atoms with E-state index in [1.54, 1.807) is 30.3 Å². The van der Waals surface area contributed by atoms with Crippen molar-refractivity contribution in [2.75, 3.05) is 19.0 Å². The van der Waals surface area contributed by atoms with E-state index < -0.39 is 29.4 Å². The van der Waals surface area contributed by atoms with E-state index in [-0.39, 0.29) is 11.5 Å². The summed E-state index contributed by atoms with van der Waals surface area (Å²) in [4.78, 5) is 38.5. The summed E-state index contributed by atoms with van der Waals surface area (Å²) in [5.74, 6) is -0.682. The molecule has 0 aliphatic carbocycles. The third kappa shape index (κ3) is 6.05. The molecule has 0 aromatic heterocycles. The van der Waals surface area contributed by atoms with Crippen LogP contribution in [0, 0.1) is 5.82 Å². The maximum Gasteiger partial charge on any atom is 0.294 e. The van der Waals surface area contributed by atoms with E-state index in [2.05, 4.69) is 5.32 Å². The van der Waals surface area contributed by atoms with Crippen LogP contribution in [0.2, 0.25) is 5.02 Å². The van der Waals surface area contributed by atoms with Gasteiger partial charge in [0.1, 0.15) is 19.0 Å². The van der Waals surface area contributed by atoms with Crippen LogP contribution < -0.4 is 14.8 Å². The molecule has 4 rings (SSSR count). The Morgan fingerprint density at radius 1 is 1.08 bits per heavy atom. The highest BCUT2D eigenvalue weighted by Gasteiger charge is 2.36. The predicted molar refractivity (Wildman–Crippen MR) is 136 cm³/mol. The number of thioether (sulfide) groups is 1. The molecule has 1 fully saturated rings. The van der Waals surface area contributed by atoms with Gasteiger partial charge in [-0.05, 0) is 65.9 Å². The number of ether oxygens (including phenoxy) is 2. The molecule has 3 aromatic rings. The molecule has 0 spiro atoms. The zero-order valence-corrected chi connectivity index (χ0v) is 20.6. The van der Waals surface area contributed by atoms with Crippen LogP contribution in [0.3, 0.4) is 0 Å². The van der Waals surface area contributed by atoms with Gasteiger partial charge in [-0.2, -0.15) is 0 Å². The van der Waals surface area contributed by atoms with Crippen LogP contribution in [0.15, 0.2) is 71.6 Å². The fourth-order valence-corrected chi connectivity index (χ4v) is 4.36. The van der Waals surface area contributed by atoms with Gasteiger partial charge >= 0.3 is 0 Å². The number of methoxy groups -OCH3 is 1. The Balaban J connectivity index is 1.43. The molecular weight excluding hydrogens is 507 g/mol. The number of rotatable bonds is 8. The van der Waals surface area contributed by atoms with Gasteiger partial charge in [-0.15, -0.1) is 0 Å². The van der Waals surface area contributed by atoms with Gasteiger partial charge in [0.15, 0.2) is 11.5 Å². The Morgan fingerprint density at radius 3 is 2.56 bits per heavy atom. The number of nitrogens with one attached hydrogen (secondary N) is 1. The number of carbonyl (C=O) groups excluding carboxylic acids is 3. The van der Waals surface area contributed by atoms with E-state index in [0.29, 0.717) is 27.8 Å². The first kappa shape index (κ1) is 25.3. The first-order chi connectivity index (χ1) is 17.3. The second-order valence-electron chi connectivity index (χ2n) is 7.61. The van der Waals surface area contributed by atoms with Gasteiger partial charge < -0.3 is 14.8 Å². The number of carbonyl (C=O) groups is 3. The number of halogens is 2. The van der Waals surface area contributed by atoms with Gasteiger partial charge in [-0.25, -0.2) is 4.39 Å². The van der Waals surface area contributed by atoms with E-state index in [1.165, 1.54) is 31.4 Å². The van der Waals surface area contributed by atoms with E-state index in [0.717, 1.165) is 22.2 Å². The maximum atomic E-state index is 13.0. The summed E-state index contributed by atoms with van der Waals surface area (Å²) in [6.07, 6.45) is 1.54. The molecular formula is C26H20ClFN2O5S. The normalized spacial score (nSPS) is 14.3. The molecule has 1 aliphatic heterocycles. The van der Waals surface area contributed by atoms with Crippen molar-refractivity contribution in [2.24, 2.45) is 0 Å². The fourth-order valence-electron chi connectivity index (χ4n) is 3.33. The van der Waals surface area contributed by atoms with Crippen molar-refractivity contribution in [3.05, 3.63) is 93.6 Å². The molecule has 36 heavy (non-hydrogen) atoms. The van der Waals surface area contributed by atoms with Crippen LogP contribution in [0.1, 0.15) is 11.1 Å². The minimum absolute atomic E-state index is 0.168. The van der Waals surface area contributed by atoms with Gasteiger partial charge in [-0.1, -0.05) is 35.9 Å². The van der Waals surface area contributed by atoms with Crippen molar-refractivity contribution < 1.29 is 28.2 Å². The molecule has 1 saturated heterocycles. The lowest BCUT2D eigenvalue weighted by molar-refractivity contribution is -0.127. The van der Waals surface area contributed by atoms with Crippen molar-refractivity contribution in [2.45, 2.75) is 6.61 Å². The number of benzene rings is 3. The van der Waals surface area contributed by atoms with E-state index in [4.69, 9.17) is 21.1 Å². The minimum atomic E-state index is -0.586. The Hall–Kier alpha value is -3.82. The van der Waals surface area contributed by atoms with Gasteiger partial charge in [-0.3, -0.25) is 19.3 Å². The van der Waals surface area contributed by atoms with E-state index in [9.17, 15) is 18.8 Å². The quantitative estimate of drug-likeness (QED) is 0.377. The summed E-state index contributed by atoms with van der Waals surface area (Å²) in [5, 5.41) is 2.56. The highest BCUT2D eigenvalue weighted by molar-refractivity contribution is 8.18. The second-order valence-corrected chi connectivity index (χ2v) is 9.01. The zero-order chi connectivity index (χ0) is 25.7. The number of amides is 3. The Kier molecular flexibility index (Phi) is 7.92. The van der Waals surface area contributed by atoms with Crippen LogP contribution in [0.25, 0.3) is 6.08 Å². The molecule has 10 heteroatoms. The average Bonchev–Trinajstić information content (AvgIpc) is 3.12. The van der Waals surface area contributed by atoms with Gasteiger partial charge in [0.05, 0.1) is 12.0 Å². The number of imide groups is 1. The summed E-state index contributed by atoms with van der Waals surface area (Å²) in [6, 6.07) is 17.6. The standard InChI is InChI=1S/C26H20ClFN2O5S/c1-34-22-12-16(6-11-21(22)35-15-17-4-2-3-5-20(17)27)13-23-25(32)30(26(33)36-23)14-24(31)29-19-9-7-18(28)8-10-19/h2-13H,14-15H2,1H3,(H,29,31)/b23-13-. The van der Waals surface area contributed by atoms with Crippen LogP contribution >= 0.6 is 23.4 Å². The topological polar surface area (TPSA) is 84.9 Å². The van der Waals surface area contributed by atoms with Crippen molar-refractivity contribution in [1.82, 2.24) is 4.90 Å². The molecule has 7 nitrogen and oxygen atoms in total. The highest BCUT2D eigenvalue weighted by atomic mass is 35.5. The summed E-state index contributed by atoms with van der Waals surface area (Å²) < 4.78 is 24.3. The lowest BCUT2D eigenvalue weighted by atomic mass is 10.1. The van der Waals surface area contributed by atoms with Crippen LogP contribution in [-0.2, 0) is 16.2 Å². The van der Waals surface area contributed by atoms with Crippen molar-refractivity contribution >= 4 is 52.2 Å². The minimum Gasteiger partial charge on any atom is -0.493 e. The number of nitrogens with zero attached hydrogens (tertiary/aromatic N) is 1. The zero-order valence-electron chi connectivity index (χ0n) is 19.0. The second kappa shape index (κ2) is 11.3. The Morgan fingerprint density at radius 2 is 1.83 bits per heavy atom. The molecule has 184 valence electrons. The summed E-state index contributed by atoms with van der Waals surface area (Å²) >= 11 is 6.91. The smallest absolute Gasteiger partial charge is 0.294 e. The van der Waals surface area contributed by atoms with E-state index in [1.807, 2.05) is 18.2 Å². The fraction of sp³-hybridized carbons (Fsp3) is 0.115. The maximum absolute atomic E-state index is 13.0. The van der Waals surface area contributed by atoms with Crippen molar-refractivity contribution in [1.29, 1.82) is 0 Å². The number of hydrogen-bond donors (Lipinski definition) is 1. The average molecular weight is 527 g/mol. The lowest BCUT2D eigenvalue weighted by Gasteiger charge is -2.13. The monoisotopic (exact) mass is 526 g/mol. The van der Waals surface area contributed by atoms with Crippen LogP contribution in [-0.4, -0.2) is 35.6 Å². The molecule has 0 atom stereocenters. The molecule has 0 saturated carbocycles. The molecule has 0 radical (unpaired) electrons. The van der Waals surface area contributed by atoms with Gasteiger partial charge in [0.2, 0.25) is 5.91 Å². The first-order valence-electron chi connectivity index (χ1n) is 10.7. The van der Waals surface area contributed by atoms with E-state index >= 15 is 0 Å². The van der Waals surface area contributed by atoms with Crippen molar-refractivity contribution in [3.63, 3.8) is 0 Å². The Labute approximate surface area is 215 Å². The SMILES string of the molecule is COc1cc(/C=C2\SC(=O)N(CC(=O)Nc3ccc(F)cc3)C2=O)ccc1OCc1ccccc1Cl. The lowest BCUT2D eigenvalue weighted by Crippen LogP contribution is -2.36. The summed E-state index contributed by atoms with van der Waals surface area (Å²) in [5.41, 5.74) is 1.79.